The molecule has 0 unspecified atom stereocenters. The van der Waals surface area contributed by atoms with Crippen molar-refractivity contribution in [2.75, 3.05) is 5.32 Å². The minimum absolute atomic E-state index is 0.178. The smallest absolute Gasteiger partial charge is 0.257 e. The Hall–Kier alpha value is -2.66. The summed E-state index contributed by atoms with van der Waals surface area (Å²) in [6.45, 7) is 2.37. The maximum absolute atomic E-state index is 12.4. The van der Waals surface area contributed by atoms with E-state index in [9.17, 15) is 4.79 Å². The molecule has 0 bridgehead atoms. The van der Waals surface area contributed by atoms with Crippen LogP contribution in [0.4, 0.5) is 5.13 Å². The van der Waals surface area contributed by atoms with E-state index in [-0.39, 0.29) is 5.91 Å². The second-order valence-corrected chi connectivity index (χ2v) is 5.94. The normalized spacial score (nSPS) is 10.3. The van der Waals surface area contributed by atoms with Crippen LogP contribution >= 0.6 is 11.3 Å². The molecule has 0 spiro atoms. The average molecular weight is 324 g/mol. The van der Waals surface area contributed by atoms with Crippen LogP contribution in [-0.4, -0.2) is 10.9 Å². The third-order valence-electron chi connectivity index (χ3n) is 3.33. The number of amides is 1. The predicted octanol–water partition coefficient (Wildman–Crippen LogP) is 4.28. The SMILES string of the molecule is Cc1ccc(OCc2ccccc2C(=O)Nc2nccs2)cc1. The van der Waals surface area contributed by atoms with Crippen molar-refractivity contribution in [1.29, 1.82) is 0 Å². The fourth-order valence-electron chi connectivity index (χ4n) is 2.11. The Balaban J connectivity index is 1.72. The summed E-state index contributed by atoms with van der Waals surface area (Å²) in [5.41, 5.74) is 2.61. The lowest BCUT2D eigenvalue weighted by atomic mass is 10.1. The molecular weight excluding hydrogens is 308 g/mol. The van der Waals surface area contributed by atoms with E-state index >= 15 is 0 Å². The van der Waals surface area contributed by atoms with Gasteiger partial charge in [0.2, 0.25) is 0 Å². The van der Waals surface area contributed by atoms with Gasteiger partial charge < -0.3 is 4.74 Å². The fourth-order valence-corrected chi connectivity index (χ4v) is 2.64. The van der Waals surface area contributed by atoms with Gasteiger partial charge in [-0.2, -0.15) is 0 Å². The summed E-state index contributed by atoms with van der Waals surface area (Å²) >= 11 is 1.39. The molecule has 116 valence electrons. The zero-order valence-electron chi connectivity index (χ0n) is 12.7. The van der Waals surface area contributed by atoms with E-state index in [1.165, 1.54) is 16.9 Å². The molecule has 0 atom stereocenters. The minimum Gasteiger partial charge on any atom is -0.489 e. The number of rotatable bonds is 5. The summed E-state index contributed by atoms with van der Waals surface area (Å²) in [5.74, 6) is 0.605. The fraction of sp³-hybridized carbons (Fsp3) is 0.111. The molecule has 0 saturated heterocycles. The van der Waals surface area contributed by atoms with Gasteiger partial charge in [-0.05, 0) is 25.1 Å². The number of nitrogens with one attached hydrogen (secondary N) is 1. The topological polar surface area (TPSA) is 51.2 Å². The van der Waals surface area contributed by atoms with Gasteiger partial charge in [-0.25, -0.2) is 4.98 Å². The van der Waals surface area contributed by atoms with Crippen LogP contribution < -0.4 is 10.1 Å². The zero-order valence-corrected chi connectivity index (χ0v) is 13.5. The standard InChI is InChI=1S/C18H16N2O2S/c1-13-6-8-15(9-7-13)22-12-14-4-2-3-5-16(14)17(21)20-18-19-10-11-23-18/h2-11H,12H2,1H3,(H,19,20,21). The van der Waals surface area contributed by atoms with Crippen molar-refractivity contribution in [1.82, 2.24) is 4.98 Å². The number of carbonyl (C=O) groups excluding carboxylic acids is 1. The van der Waals surface area contributed by atoms with Gasteiger partial charge in [0.15, 0.2) is 5.13 Å². The Morgan fingerprint density at radius 1 is 1.17 bits per heavy atom. The quantitative estimate of drug-likeness (QED) is 0.762. The first kappa shape index (κ1) is 15.2. The first-order chi connectivity index (χ1) is 11.2. The molecule has 5 heteroatoms. The molecule has 1 heterocycles. The van der Waals surface area contributed by atoms with Crippen molar-refractivity contribution in [2.24, 2.45) is 0 Å². The first-order valence-electron chi connectivity index (χ1n) is 7.20. The lowest BCUT2D eigenvalue weighted by Crippen LogP contribution is -2.15. The number of hydrogen-bond donors (Lipinski definition) is 1. The molecule has 3 rings (SSSR count). The molecule has 0 radical (unpaired) electrons. The molecule has 23 heavy (non-hydrogen) atoms. The van der Waals surface area contributed by atoms with E-state index in [2.05, 4.69) is 10.3 Å². The molecular formula is C18H16N2O2S. The number of nitrogens with zero attached hydrogens (tertiary/aromatic N) is 1. The number of carbonyl (C=O) groups is 1. The summed E-state index contributed by atoms with van der Waals surface area (Å²) < 4.78 is 5.78. The molecule has 0 aliphatic rings. The first-order valence-corrected chi connectivity index (χ1v) is 8.08. The highest BCUT2D eigenvalue weighted by Crippen LogP contribution is 2.18. The van der Waals surface area contributed by atoms with Crippen LogP contribution in [0.15, 0.2) is 60.1 Å². The van der Waals surface area contributed by atoms with Gasteiger partial charge in [-0.1, -0.05) is 35.9 Å². The van der Waals surface area contributed by atoms with Crippen LogP contribution in [0.2, 0.25) is 0 Å². The van der Waals surface area contributed by atoms with Gasteiger partial charge in [-0.3, -0.25) is 10.1 Å². The van der Waals surface area contributed by atoms with Crippen molar-refractivity contribution in [2.45, 2.75) is 13.5 Å². The molecule has 0 aliphatic carbocycles. The molecule has 1 aromatic heterocycles. The minimum atomic E-state index is -0.178. The Kier molecular flexibility index (Phi) is 4.68. The maximum atomic E-state index is 12.4. The number of aryl methyl sites for hydroxylation is 1. The van der Waals surface area contributed by atoms with Crippen molar-refractivity contribution >= 4 is 22.4 Å². The molecule has 0 fully saturated rings. The number of ether oxygens (including phenoxy) is 1. The molecule has 1 N–H and O–H groups in total. The van der Waals surface area contributed by atoms with Crippen LogP contribution in [0.1, 0.15) is 21.5 Å². The van der Waals surface area contributed by atoms with Crippen LogP contribution in [0.5, 0.6) is 5.75 Å². The van der Waals surface area contributed by atoms with E-state index in [1.54, 1.807) is 12.3 Å². The number of benzene rings is 2. The van der Waals surface area contributed by atoms with Gasteiger partial charge in [0.25, 0.3) is 5.91 Å². The van der Waals surface area contributed by atoms with Crippen LogP contribution in [-0.2, 0) is 6.61 Å². The van der Waals surface area contributed by atoms with E-state index < -0.39 is 0 Å². The monoisotopic (exact) mass is 324 g/mol. The van der Waals surface area contributed by atoms with E-state index in [0.29, 0.717) is 17.3 Å². The Bertz CT molecular complexity index is 783. The van der Waals surface area contributed by atoms with Gasteiger partial charge in [0, 0.05) is 22.7 Å². The van der Waals surface area contributed by atoms with E-state index in [0.717, 1.165) is 11.3 Å². The zero-order chi connectivity index (χ0) is 16.1. The molecule has 4 nitrogen and oxygen atoms in total. The third-order valence-corrected chi connectivity index (χ3v) is 4.02. The number of hydrogen-bond acceptors (Lipinski definition) is 4. The second kappa shape index (κ2) is 7.07. The predicted molar refractivity (Wildman–Crippen MR) is 92.0 cm³/mol. The van der Waals surface area contributed by atoms with Crippen molar-refractivity contribution in [3.63, 3.8) is 0 Å². The average Bonchev–Trinajstić information content (AvgIpc) is 3.07. The Morgan fingerprint density at radius 3 is 2.70 bits per heavy atom. The summed E-state index contributed by atoms with van der Waals surface area (Å²) in [6.07, 6.45) is 1.66. The van der Waals surface area contributed by atoms with Gasteiger partial charge in [0.05, 0.1) is 0 Å². The molecule has 1 amide bonds. The summed E-state index contributed by atoms with van der Waals surface area (Å²) in [4.78, 5) is 16.5. The number of aromatic nitrogens is 1. The largest absolute Gasteiger partial charge is 0.489 e. The number of anilines is 1. The third kappa shape index (κ3) is 3.96. The van der Waals surface area contributed by atoms with Crippen molar-refractivity contribution in [3.8, 4) is 5.75 Å². The molecule has 2 aromatic carbocycles. The molecule has 0 aliphatic heterocycles. The highest BCUT2D eigenvalue weighted by Gasteiger charge is 2.12. The highest BCUT2D eigenvalue weighted by molar-refractivity contribution is 7.13. The summed E-state index contributed by atoms with van der Waals surface area (Å²) in [5, 5.41) is 5.21. The van der Waals surface area contributed by atoms with Gasteiger partial charge in [0.1, 0.15) is 12.4 Å². The molecule has 3 aromatic rings. The van der Waals surface area contributed by atoms with Crippen molar-refractivity contribution in [3.05, 3.63) is 76.8 Å². The second-order valence-electron chi connectivity index (χ2n) is 5.05. The Labute approximate surface area is 138 Å². The van der Waals surface area contributed by atoms with Crippen LogP contribution in [0.25, 0.3) is 0 Å². The lowest BCUT2D eigenvalue weighted by molar-refractivity contribution is 0.102. The van der Waals surface area contributed by atoms with Crippen LogP contribution in [0, 0.1) is 6.92 Å². The van der Waals surface area contributed by atoms with Gasteiger partial charge >= 0.3 is 0 Å². The van der Waals surface area contributed by atoms with E-state index in [1.807, 2.05) is 54.8 Å². The molecule has 0 saturated carbocycles. The highest BCUT2D eigenvalue weighted by atomic mass is 32.1. The lowest BCUT2D eigenvalue weighted by Gasteiger charge is -2.11. The Morgan fingerprint density at radius 2 is 1.96 bits per heavy atom. The summed E-state index contributed by atoms with van der Waals surface area (Å²) in [6, 6.07) is 15.3. The van der Waals surface area contributed by atoms with Gasteiger partial charge in [-0.15, -0.1) is 11.3 Å². The van der Waals surface area contributed by atoms with E-state index in [4.69, 9.17) is 4.74 Å². The number of thiazole rings is 1. The maximum Gasteiger partial charge on any atom is 0.257 e. The van der Waals surface area contributed by atoms with Crippen LogP contribution in [0.3, 0.4) is 0 Å². The van der Waals surface area contributed by atoms with Crippen molar-refractivity contribution < 1.29 is 9.53 Å². The summed E-state index contributed by atoms with van der Waals surface area (Å²) in [7, 11) is 0.